The highest BCUT2D eigenvalue weighted by atomic mass is 19.3. The number of halogens is 2. The zero-order chi connectivity index (χ0) is 13.1. The molecule has 1 heterocycles. The number of carbonyl (C=O) groups is 1. The molecule has 1 aliphatic heterocycles. The van der Waals surface area contributed by atoms with Crippen molar-refractivity contribution in [2.24, 2.45) is 0 Å². The second kappa shape index (κ2) is 5.20. The summed E-state index contributed by atoms with van der Waals surface area (Å²) in [6.07, 6.45) is -3.30. The maximum Gasteiger partial charge on any atom is 0.265 e. The lowest BCUT2D eigenvalue weighted by molar-refractivity contribution is -0.138. The summed E-state index contributed by atoms with van der Waals surface area (Å²) in [5.41, 5.74) is 0.804. The molecule has 0 spiro atoms. The van der Waals surface area contributed by atoms with Crippen LogP contribution in [0.2, 0.25) is 0 Å². The summed E-state index contributed by atoms with van der Waals surface area (Å²) in [6, 6.07) is 7.20. The van der Waals surface area contributed by atoms with Crippen LogP contribution in [0, 0.1) is 0 Å². The Kier molecular flexibility index (Phi) is 3.64. The van der Waals surface area contributed by atoms with Gasteiger partial charge in [0, 0.05) is 7.05 Å². The molecule has 0 saturated carbocycles. The van der Waals surface area contributed by atoms with E-state index in [2.05, 4.69) is 5.32 Å². The molecule has 98 valence electrons. The van der Waals surface area contributed by atoms with Crippen LogP contribution in [0.3, 0.4) is 0 Å². The summed E-state index contributed by atoms with van der Waals surface area (Å²) >= 11 is 0. The molecule has 4 nitrogen and oxygen atoms in total. The molecule has 18 heavy (non-hydrogen) atoms. The summed E-state index contributed by atoms with van der Waals surface area (Å²) in [5.74, 6) is 0.116. The van der Waals surface area contributed by atoms with Crippen molar-refractivity contribution in [2.45, 2.75) is 12.5 Å². The van der Waals surface area contributed by atoms with Gasteiger partial charge in [0.2, 0.25) is 0 Å². The number of nitrogens with one attached hydrogen (secondary N) is 1. The maximum atomic E-state index is 12.2. The van der Waals surface area contributed by atoms with E-state index in [1.54, 1.807) is 12.1 Å². The van der Waals surface area contributed by atoms with Gasteiger partial charge in [0.05, 0.1) is 18.8 Å². The second-order valence-corrected chi connectivity index (χ2v) is 4.09. The molecule has 0 aliphatic carbocycles. The van der Waals surface area contributed by atoms with Crippen molar-refractivity contribution >= 4 is 11.6 Å². The minimum atomic E-state index is -2.54. The predicted molar refractivity (Wildman–Crippen MR) is 63.0 cm³/mol. The third-order valence-electron chi connectivity index (χ3n) is 2.70. The first kappa shape index (κ1) is 12.6. The van der Waals surface area contributed by atoms with Crippen molar-refractivity contribution in [3.63, 3.8) is 0 Å². The monoisotopic (exact) mass is 256 g/mol. The Balaban J connectivity index is 2.02. The Morgan fingerprint density at radius 3 is 3.00 bits per heavy atom. The number of anilines is 1. The van der Waals surface area contributed by atoms with E-state index in [9.17, 15) is 13.6 Å². The maximum absolute atomic E-state index is 12.2. The molecule has 6 heteroatoms. The number of alkyl halides is 2. The SMILES string of the molecule is CN(CC(F)F)C(=O)C1CNc2ccccc2O1. The number of ether oxygens (including phenoxy) is 1. The fourth-order valence-electron chi connectivity index (χ4n) is 1.79. The van der Waals surface area contributed by atoms with Crippen LogP contribution in [-0.4, -0.2) is 43.5 Å². The highest BCUT2D eigenvalue weighted by Crippen LogP contribution is 2.28. The molecule has 2 rings (SSSR count). The number of carbonyl (C=O) groups excluding carboxylic acids is 1. The number of rotatable bonds is 3. The topological polar surface area (TPSA) is 41.6 Å². The third kappa shape index (κ3) is 2.69. The van der Waals surface area contributed by atoms with Gasteiger partial charge in [0.25, 0.3) is 12.3 Å². The van der Waals surface area contributed by atoms with Gasteiger partial charge in [-0.15, -0.1) is 0 Å². The number of nitrogens with zero attached hydrogens (tertiary/aromatic N) is 1. The van der Waals surface area contributed by atoms with Crippen molar-refractivity contribution in [3.05, 3.63) is 24.3 Å². The van der Waals surface area contributed by atoms with Gasteiger partial charge in [-0.1, -0.05) is 12.1 Å². The van der Waals surface area contributed by atoms with Gasteiger partial charge < -0.3 is 15.0 Å². The third-order valence-corrected chi connectivity index (χ3v) is 2.70. The lowest BCUT2D eigenvalue weighted by Gasteiger charge is -2.29. The van der Waals surface area contributed by atoms with Crippen LogP contribution in [0.25, 0.3) is 0 Å². The van der Waals surface area contributed by atoms with E-state index < -0.39 is 25.0 Å². The predicted octanol–water partition coefficient (Wildman–Crippen LogP) is 1.58. The highest BCUT2D eigenvalue weighted by molar-refractivity contribution is 5.83. The number of likely N-dealkylation sites (N-methyl/N-ethyl adjacent to an activating group) is 1. The number of benzene rings is 1. The van der Waals surface area contributed by atoms with Gasteiger partial charge in [-0.3, -0.25) is 4.79 Å². The molecule has 1 aliphatic rings. The van der Waals surface area contributed by atoms with Crippen LogP contribution >= 0.6 is 0 Å². The van der Waals surface area contributed by atoms with Crippen molar-refractivity contribution < 1.29 is 18.3 Å². The van der Waals surface area contributed by atoms with Crippen molar-refractivity contribution in [2.75, 3.05) is 25.5 Å². The van der Waals surface area contributed by atoms with Gasteiger partial charge in [0.15, 0.2) is 6.10 Å². The van der Waals surface area contributed by atoms with Crippen molar-refractivity contribution in [1.82, 2.24) is 4.90 Å². The molecule has 0 radical (unpaired) electrons. The number of amides is 1. The highest BCUT2D eigenvalue weighted by Gasteiger charge is 2.29. The minimum absolute atomic E-state index is 0.281. The molecule has 1 atom stereocenters. The van der Waals surface area contributed by atoms with E-state index in [1.165, 1.54) is 7.05 Å². The largest absolute Gasteiger partial charge is 0.477 e. The summed E-state index contributed by atoms with van der Waals surface area (Å²) in [6.45, 7) is -0.302. The van der Waals surface area contributed by atoms with Gasteiger partial charge in [-0.2, -0.15) is 0 Å². The average molecular weight is 256 g/mol. The molecule has 1 N–H and O–H groups in total. The lowest BCUT2D eigenvalue weighted by atomic mass is 10.2. The lowest BCUT2D eigenvalue weighted by Crippen LogP contribution is -2.46. The molecule has 0 bridgehead atoms. The van der Waals surface area contributed by atoms with E-state index in [1.807, 2.05) is 12.1 Å². The molecule has 1 amide bonds. The van der Waals surface area contributed by atoms with Crippen LogP contribution in [0.15, 0.2) is 24.3 Å². The summed E-state index contributed by atoms with van der Waals surface area (Å²) in [5, 5.41) is 3.04. The van der Waals surface area contributed by atoms with Crippen molar-refractivity contribution in [1.29, 1.82) is 0 Å². The molecular weight excluding hydrogens is 242 g/mol. The van der Waals surface area contributed by atoms with Crippen LogP contribution in [0.4, 0.5) is 14.5 Å². The first-order chi connectivity index (χ1) is 8.58. The van der Waals surface area contributed by atoms with Gasteiger partial charge in [-0.25, -0.2) is 8.78 Å². The van der Waals surface area contributed by atoms with Crippen LogP contribution in [0.1, 0.15) is 0 Å². The van der Waals surface area contributed by atoms with Gasteiger partial charge in [-0.05, 0) is 12.1 Å². The van der Waals surface area contributed by atoms with Gasteiger partial charge >= 0.3 is 0 Å². The molecule has 0 fully saturated rings. The Morgan fingerprint density at radius 2 is 2.28 bits per heavy atom. The fourth-order valence-corrected chi connectivity index (χ4v) is 1.79. The quantitative estimate of drug-likeness (QED) is 0.892. The summed E-state index contributed by atoms with van der Waals surface area (Å²) < 4.78 is 29.9. The Bertz CT molecular complexity index is 440. The molecule has 0 aromatic heterocycles. The fraction of sp³-hybridized carbons (Fsp3) is 0.417. The van der Waals surface area contributed by atoms with Crippen LogP contribution in [-0.2, 0) is 4.79 Å². The Labute approximate surface area is 104 Å². The molecular formula is C12H14F2N2O2. The van der Waals surface area contributed by atoms with Crippen LogP contribution < -0.4 is 10.1 Å². The normalized spacial score (nSPS) is 17.7. The molecule has 0 saturated heterocycles. The molecule has 1 aromatic carbocycles. The Morgan fingerprint density at radius 1 is 1.56 bits per heavy atom. The number of hydrogen-bond acceptors (Lipinski definition) is 3. The van der Waals surface area contributed by atoms with Gasteiger partial charge in [0.1, 0.15) is 5.75 Å². The number of para-hydroxylation sites is 2. The second-order valence-electron chi connectivity index (χ2n) is 4.09. The first-order valence-electron chi connectivity index (χ1n) is 5.60. The number of hydrogen-bond donors (Lipinski definition) is 1. The molecule has 1 unspecified atom stereocenters. The van der Waals surface area contributed by atoms with E-state index in [0.29, 0.717) is 5.75 Å². The van der Waals surface area contributed by atoms with Crippen LogP contribution in [0.5, 0.6) is 5.75 Å². The summed E-state index contributed by atoms with van der Waals surface area (Å²) in [7, 11) is 1.35. The van der Waals surface area contributed by atoms with E-state index in [4.69, 9.17) is 4.74 Å². The zero-order valence-corrected chi connectivity index (χ0v) is 9.90. The first-order valence-corrected chi connectivity index (χ1v) is 5.60. The average Bonchev–Trinajstić information content (AvgIpc) is 2.36. The van der Waals surface area contributed by atoms with E-state index >= 15 is 0 Å². The minimum Gasteiger partial charge on any atom is -0.477 e. The number of fused-ring (bicyclic) bond motifs is 1. The zero-order valence-electron chi connectivity index (χ0n) is 9.90. The van der Waals surface area contributed by atoms with E-state index in [-0.39, 0.29) is 6.54 Å². The van der Waals surface area contributed by atoms with Crippen molar-refractivity contribution in [3.8, 4) is 5.75 Å². The van der Waals surface area contributed by atoms with E-state index in [0.717, 1.165) is 10.6 Å². The Hall–Kier alpha value is -1.85. The smallest absolute Gasteiger partial charge is 0.265 e. The molecule has 1 aromatic rings. The summed E-state index contributed by atoms with van der Waals surface area (Å²) in [4.78, 5) is 12.9. The standard InChI is InChI=1S/C12H14F2N2O2/c1-16(7-11(13)14)12(17)10-6-15-8-4-2-3-5-9(8)18-10/h2-5,10-11,15H,6-7H2,1H3.